The summed E-state index contributed by atoms with van der Waals surface area (Å²) in [6.45, 7) is 5.66. The van der Waals surface area contributed by atoms with Crippen LogP contribution in [0.3, 0.4) is 0 Å². The predicted molar refractivity (Wildman–Crippen MR) is 129 cm³/mol. The standard InChI is InChI=1S/C26H30N2O3S/c1-4-21-15-17-23(18-16-21)20(3)27-26(29)19-28(25-14-10-9-11-22(25)5-2)32(30,31)24-12-7-6-8-13-24/h6-18,20H,4-5,19H2,1-3H3,(H,27,29)/t20-/m0/s1. The first-order chi connectivity index (χ1) is 15.4. The van der Waals surface area contributed by atoms with E-state index in [9.17, 15) is 13.2 Å². The molecule has 0 aromatic heterocycles. The van der Waals surface area contributed by atoms with Gasteiger partial charge in [0.1, 0.15) is 6.54 Å². The third kappa shape index (κ3) is 5.37. The van der Waals surface area contributed by atoms with Gasteiger partial charge in [-0.05, 0) is 54.7 Å². The molecule has 0 spiro atoms. The number of anilines is 1. The highest BCUT2D eigenvalue weighted by Gasteiger charge is 2.28. The number of nitrogens with one attached hydrogen (secondary N) is 1. The van der Waals surface area contributed by atoms with Crippen LogP contribution in [0.2, 0.25) is 0 Å². The predicted octanol–water partition coefficient (Wildman–Crippen LogP) is 4.88. The fraction of sp³-hybridized carbons (Fsp3) is 0.269. The average Bonchev–Trinajstić information content (AvgIpc) is 2.83. The monoisotopic (exact) mass is 450 g/mol. The summed E-state index contributed by atoms with van der Waals surface area (Å²) in [7, 11) is -3.92. The van der Waals surface area contributed by atoms with Crippen LogP contribution in [0.1, 0.15) is 43.5 Å². The molecule has 0 unspecified atom stereocenters. The second-order valence-corrected chi connectivity index (χ2v) is 9.55. The van der Waals surface area contributed by atoms with E-state index in [1.54, 1.807) is 42.5 Å². The van der Waals surface area contributed by atoms with Crippen LogP contribution in [0.15, 0.2) is 83.8 Å². The lowest BCUT2D eigenvalue weighted by Gasteiger charge is -2.27. The van der Waals surface area contributed by atoms with E-state index >= 15 is 0 Å². The van der Waals surface area contributed by atoms with Crippen molar-refractivity contribution >= 4 is 21.6 Å². The molecule has 3 aromatic carbocycles. The van der Waals surface area contributed by atoms with Gasteiger partial charge >= 0.3 is 0 Å². The Morgan fingerprint density at radius 1 is 0.875 bits per heavy atom. The smallest absolute Gasteiger partial charge is 0.264 e. The van der Waals surface area contributed by atoms with Crippen molar-refractivity contribution in [3.63, 3.8) is 0 Å². The number of amides is 1. The molecule has 0 aliphatic carbocycles. The second kappa shape index (κ2) is 10.5. The summed E-state index contributed by atoms with van der Waals surface area (Å²) in [5.41, 5.74) is 3.59. The number of hydrogen-bond acceptors (Lipinski definition) is 3. The van der Waals surface area contributed by atoms with Gasteiger partial charge in [-0.15, -0.1) is 0 Å². The Balaban J connectivity index is 1.89. The Labute approximate surface area is 191 Å². The van der Waals surface area contributed by atoms with Gasteiger partial charge in [-0.3, -0.25) is 9.10 Å². The minimum absolute atomic E-state index is 0.155. The van der Waals surface area contributed by atoms with E-state index in [2.05, 4.69) is 12.2 Å². The number of benzene rings is 3. The van der Waals surface area contributed by atoms with Crippen molar-refractivity contribution in [1.82, 2.24) is 5.32 Å². The number of aryl methyl sites for hydroxylation is 2. The van der Waals surface area contributed by atoms with Gasteiger partial charge in [0.05, 0.1) is 16.6 Å². The lowest BCUT2D eigenvalue weighted by molar-refractivity contribution is -0.120. The third-order valence-electron chi connectivity index (χ3n) is 5.53. The van der Waals surface area contributed by atoms with Crippen LogP contribution in [0.4, 0.5) is 5.69 Å². The number of nitrogens with zero attached hydrogens (tertiary/aromatic N) is 1. The normalized spacial score (nSPS) is 12.2. The zero-order chi connectivity index (χ0) is 23.1. The van der Waals surface area contributed by atoms with Crippen LogP contribution in [0, 0.1) is 0 Å². The molecule has 1 N–H and O–H groups in total. The summed E-state index contributed by atoms with van der Waals surface area (Å²) < 4.78 is 28.2. The van der Waals surface area contributed by atoms with E-state index in [0.29, 0.717) is 12.1 Å². The number of carbonyl (C=O) groups is 1. The number of carbonyl (C=O) groups excluding carboxylic acids is 1. The number of rotatable bonds is 9. The zero-order valence-electron chi connectivity index (χ0n) is 18.8. The first-order valence-corrected chi connectivity index (χ1v) is 12.3. The quantitative estimate of drug-likeness (QED) is 0.505. The van der Waals surface area contributed by atoms with Gasteiger partial charge in [0.15, 0.2) is 0 Å². The molecule has 0 aliphatic rings. The van der Waals surface area contributed by atoms with E-state index in [-0.39, 0.29) is 23.4 Å². The molecule has 6 heteroatoms. The molecule has 32 heavy (non-hydrogen) atoms. The van der Waals surface area contributed by atoms with Crippen molar-refractivity contribution in [3.05, 3.63) is 95.6 Å². The van der Waals surface area contributed by atoms with Crippen molar-refractivity contribution in [2.45, 2.75) is 44.6 Å². The Bertz CT molecular complexity index is 1140. The number of para-hydroxylation sites is 1. The maximum atomic E-state index is 13.5. The summed E-state index contributed by atoms with van der Waals surface area (Å²) in [5.74, 6) is -0.359. The molecule has 5 nitrogen and oxygen atoms in total. The largest absolute Gasteiger partial charge is 0.348 e. The van der Waals surface area contributed by atoms with Crippen molar-refractivity contribution in [2.75, 3.05) is 10.8 Å². The van der Waals surface area contributed by atoms with E-state index in [4.69, 9.17) is 0 Å². The minimum atomic E-state index is -3.92. The highest BCUT2D eigenvalue weighted by Crippen LogP contribution is 2.27. The second-order valence-electron chi connectivity index (χ2n) is 7.69. The summed E-state index contributed by atoms with van der Waals surface area (Å²) >= 11 is 0. The lowest BCUT2D eigenvalue weighted by atomic mass is 10.1. The molecule has 3 aromatic rings. The molecule has 0 radical (unpaired) electrons. The molecular weight excluding hydrogens is 420 g/mol. The molecule has 1 atom stereocenters. The molecule has 0 bridgehead atoms. The van der Waals surface area contributed by atoms with Crippen molar-refractivity contribution in [3.8, 4) is 0 Å². The van der Waals surface area contributed by atoms with Crippen LogP contribution in [-0.2, 0) is 27.7 Å². The summed E-state index contributed by atoms with van der Waals surface area (Å²) in [6, 6.07) is 23.4. The molecule has 0 saturated heterocycles. The molecule has 1 amide bonds. The maximum absolute atomic E-state index is 13.5. The van der Waals surface area contributed by atoms with Gasteiger partial charge in [-0.25, -0.2) is 8.42 Å². The van der Waals surface area contributed by atoms with Gasteiger partial charge < -0.3 is 5.32 Å². The van der Waals surface area contributed by atoms with E-state index in [1.807, 2.05) is 50.2 Å². The molecule has 3 rings (SSSR count). The van der Waals surface area contributed by atoms with Gasteiger partial charge in [0.2, 0.25) is 5.91 Å². The summed E-state index contributed by atoms with van der Waals surface area (Å²) in [4.78, 5) is 13.1. The highest BCUT2D eigenvalue weighted by atomic mass is 32.2. The summed E-state index contributed by atoms with van der Waals surface area (Å²) in [6.07, 6.45) is 1.60. The SMILES string of the molecule is CCc1ccc([C@H](C)NC(=O)CN(c2ccccc2CC)S(=O)(=O)c2ccccc2)cc1. The topological polar surface area (TPSA) is 66.5 Å². The van der Waals surface area contributed by atoms with Crippen LogP contribution >= 0.6 is 0 Å². The third-order valence-corrected chi connectivity index (χ3v) is 7.30. The van der Waals surface area contributed by atoms with E-state index < -0.39 is 10.0 Å². The van der Waals surface area contributed by atoms with Gasteiger partial charge in [0.25, 0.3) is 10.0 Å². The minimum Gasteiger partial charge on any atom is -0.348 e. The highest BCUT2D eigenvalue weighted by molar-refractivity contribution is 7.92. The van der Waals surface area contributed by atoms with E-state index in [1.165, 1.54) is 9.87 Å². The maximum Gasteiger partial charge on any atom is 0.264 e. The number of sulfonamides is 1. The molecule has 0 fully saturated rings. The average molecular weight is 451 g/mol. The Morgan fingerprint density at radius 3 is 2.12 bits per heavy atom. The van der Waals surface area contributed by atoms with Crippen LogP contribution in [0.5, 0.6) is 0 Å². The first kappa shape index (κ1) is 23.5. The lowest BCUT2D eigenvalue weighted by Crippen LogP contribution is -2.42. The number of hydrogen-bond donors (Lipinski definition) is 1. The van der Waals surface area contributed by atoms with Crippen LogP contribution in [0.25, 0.3) is 0 Å². The molecule has 0 saturated carbocycles. The fourth-order valence-electron chi connectivity index (χ4n) is 3.62. The zero-order valence-corrected chi connectivity index (χ0v) is 19.6. The van der Waals surface area contributed by atoms with E-state index in [0.717, 1.165) is 17.5 Å². The Kier molecular flexibility index (Phi) is 7.70. The van der Waals surface area contributed by atoms with Crippen molar-refractivity contribution < 1.29 is 13.2 Å². The fourth-order valence-corrected chi connectivity index (χ4v) is 5.10. The van der Waals surface area contributed by atoms with Crippen LogP contribution in [-0.4, -0.2) is 20.9 Å². The van der Waals surface area contributed by atoms with Crippen molar-refractivity contribution in [2.24, 2.45) is 0 Å². The van der Waals surface area contributed by atoms with Gasteiger partial charge in [-0.1, -0.05) is 74.5 Å². The Morgan fingerprint density at radius 2 is 1.50 bits per heavy atom. The van der Waals surface area contributed by atoms with Crippen LogP contribution < -0.4 is 9.62 Å². The summed E-state index contributed by atoms with van der Waals surface area (Å²) in [5, 5.41) is 2.95. The van der Waals surface area contributed by atoms with Crippen molar-refractivity contribution in [1.29, 1.82) is 0 Å². The Hall–Kier alpha value is -3.12. The van der Waals surface area contributed by atoms with Gasteiger partial charge in [0, 0.05) is 0 Å². The molecule has 168 valence electrons. The molecule has 0 aliphatic heterocycles. The molecular formula is C26H30N2O3S. The first-order valence-electron chi connectivity index (χ1n) is 10.9. The molecule has 0 heterocycles. The van der Waals surface area contributed by atoms with Gasteiger partial charge in [-0.2, -0.15) is 0 Å².